The quantitative estimate of drug-likeness (QED) is 0.697. The molecule has 78 valence electrons. The Morgan fingerprint density at radius 2 is 2.36 bits per heavy atom. The van der Waals surface area contributed by atoms with Gasteiger partial charge in [-0.3, -0.25) is 9.67 Å². The lowest BCUT2D eigenvalue weighted by Crippen LogP contribution is -2.32. The molecular weight excluding hydrogens is 200 g/mol. The Bertz CT molecular complexity index is 390. The van der Waals surface area contributed by atoms with Gasteiger partial charge in [0.1, 0.15) is 0 Å². The number of aromatic amines is 2. The van der Waals surface area contributed by atoms with Crippen molar-refractivity contribution in [2.24, 2.45) is 0 Å². The SMILES string of the molecule is CN1CCCC1Cn1c(=O)[nH][nH]c1=S. The maximum Gasteiger partial charge on any atom is 0.342 e. The van der Waals surface area contributed by atoms with Crippen molar-refractivity contribution in [3.8, 4) is 0 Å². The summed E-state index contributed by atoms with van der Waals surface area (Å²) in [7, 11) is 2.09. The Kier molecular flexibility index (Phi) is 2.56. The maximum absolute atomic E-state index is 11.3. The molecule has 1 saturated heterocycles. The Hall–Kier alpha value is -0.880. The first-order valence-corrected chi connectivity index (χ1v) is 5.17. The van der Waals surface area contributed by atoms with Crippen LogP contribution in [-0.2, 0) is 6.54 Å². The lowest BCUT2D eigenvalue weighted by molar-refractivity contribution is 0.279. The zero-order valence-corrected chi connectivity index (χ0v) is 8.93. The van der Waals surface area contributed by atoms with Crippen molar-refractivity contribution in [1.29, 1.82) is 0 Å². The van der Waals surface area contributed by atoms with Crippen LogP contribution >= 0.6 is 12.2 Å². The highest BCUT2D eigenvalue weighted by Gasteiger charge is 2.21. The van der Waals surface area contributed by atoms with Crippen LogP contribution in [0, 0.1) is 4.77 Å². The molecule has 1 fully saturated rings. The highest BCUT2D eigenvalue weighted by molar-refractivity contribution is 7.71. The number of nitrogens with one attached hydrogen (secondary N) is 2. The van der Waals surface area contributed by atoms with Crippen molar-refractivity contribution in [3.63, 3.8) is 0 Å². The fourth-order valence-electron chi connectivity index (χ4n) is 1.92. The summed E-state index contributed by atoms with van der Waals surface area (Å²) in [5.74, 6) is 0. The van der Waals surface area contributed by atoms with Gasteiger partial charge in [0.15, 0.2) is 4.77 Å². The van der Waals surface area contributed by atoms with Crippen LogP contribution in [0.25, 0.3) is 0 Å². The van der Waals surface area contributed by atoms with Crippen LogP contribution in [0.4, 0.5) is 0 Å². The number of rotatable bonds is 2. The van der Waals surface area contributed by atoms with E-state index in [9.17, 15) is 4.79 Å². The number of likely N-dealkylation sites (N-methyl/N-ethyl adjacent to an activating group) is 1. The number of aromatic nitrogens is 3. The van der Waals surface area contributed by atoms with E-state index in [1.807, 2.05) is 0 Å². The Morgan fingerprint density at radius 3 is 2.86 bits per heavy atom. The molecule has 0 bridgehead atoms. The van der Waals surface area contributed by atoms with Crippen LogP contribution in [0.2, 0.25) is 0 Å². The summed E-state index contributed by atoms with van der Waals surface area (Å²) in [5.41, 5.74) is -0.143. The van der Waals surface area contributed by atoms with E-state index in [1.54, 1.807) is 4.57 Å². The summed E-state index contributed by atoms with van der Waals surface area (Å²) >= 11 is 5.00. The highest BCUT2D eigenvalue weighted by Crippen LogP contribution is 2.15. The normalized spacial score (nSPS) is 23.1. The Morgan fingerprint density at radius 1 is 1.57 bits per heavy atom. The molecule has 2 rings (SSSR count). The molecule has 1 aromatic heterocycles. The van der Waals surface area contributed by atoms with Gasteiger partial charge < -0.3 is 4.90 Å². The summed E-state index contributed by atoms with van der Waals surface area (Å²) in [5, 5.41) is 5.13. The molecule has 0 saturated carbocycles. The summed E-state index contributed by atoms with van der Waals surface area (Å²) in [6, 6.07) is 0.443. The van der Waals surface area contributed by atoms with Gasteiger partial charge in [-0.05, 0) is 38.7 Å². The lowest BCUT2D eigenvalue weighted by atomic mass is 10.2. The van der Waals surface area contributed by atoms with E-state index in [-0.39, 0.29) is 5.69 Å². The maximum atomic E-state index is 11.3. The number of H-pyrrole nitrogens is 2. The van der Waals surface area contributed by atoms with Crippen molar-refractivity contribution < 1.29 is 0 Å². The minimum atomic E-state index is -0.143. The van der Waals surface area contributed by atoms with Crippen LogP contribution in [0.3, 0.4) is 0 Å². The van der Waals surface area contributed by atoms with Gasteiger partial charge in [0.25, 0.3) is 0 Å². The first-order chi connectivity index (χ1) is 6.68. The van der Waals surface area contributed by atoms with Crippen LogP contribution in [0.1, 0.15) is 12.8 Å². The molecule has 0 radical (unpaired) electrons. The first kappa shape index (κ1) is 9.67. The van der Waals surface area contributed by atoms with E-state index < -0.39 is 0 Å². The van der Waals surface area contributed by atoms with Crippen LogP contribution in [0.15, 0.2) is 4.79 Å². The molecule has 6 heteroatoms. The van der Waals surface area contributed by atoms with Gasteiger partial charge in [-0.2, -0.15) is 0 Å². The number of nitrogens with zero attached hydrogens (tertiary/aromatic N) is 2. The van der Waals surface area contributed by atoms with Gasteiger partial charge in [0.2, 0.25) is 0 Å². The van der Waals surface area contributed by atoms with E-state index in [2.05, 4.69) is 22.1 Å². The zero-order chi connectivity index (χ0) is 10.1. The molecule has 0 spiro atoms. The molecule has 1 aliphatic heterocycles. The third-order valence-electron chi connectivity index (χ3n) is 2.83. The topological polar surface area (TPSA) is 56.8 Å². The standard InChI is InChI=1S/C8H14N4OS/c1-11-4-2-3-6(11)5-12-7(13)9-10-8(12)14/h6H,2-5H2,1H3,(H,9,13)(H,10,14). The van der Waals surface area contributed by atoms with Crippen molar-refractivity contribution in [2.75, 3.05) is 13.6 Å². The largest absolute Gasteiger partial charge is 0.342 e. The van der Waals surface area contributed by atoms with Crippen LogP contribution in [-0.4, -0.2) is 39.3 Å². The summed E-state index contributed by atoms with van der Waals surface area (Å²) in [6.45, 7) is 1.80. The number of likely N-dealkylation sites (tertiary alicyclic amines) is 1. The van der Waals surface area contributed by atoms with Crippen molar-refractivity contribution in [3.05, 3.63) is 15.3 Å². The second-order valence-electron chi connectivity index (χ2n) is 3.75. The fraction of sp³-hybridized carbons (Fsp3) is 0.750. The van der Waals surface area contributed by atoms with E-state index in [0.717, 1.165) is 13.0 Å². The lowest BCUT2D eigenvalue weighted by Gasteiger charge is -2.18. The predicted molar refractivity (Wildman–Crippen MR) is 55.9 cm³/mol. The smallest absolute Gasteiger partial charge is 0.302 e. The molecule has 14 heavy (non-hydrogen) atoms. The van der Waals surface area contributed by atoms with E-state index in [1.165, 1.54) is 6.42 Å². The summed E-state index contributed by atoms with van der Waals surface area (Å²) < 4.78 is 2.07. The molecule has 0 aromatic carbocycles. The number of hydrogen-bond donors (Lipinski definition) is 2. The van der Waals surface area contributed by atoms with Gasteiger partial charge in [0, 0.05) is 12.6 Å². The molecule has 1 aliphatic rings. The second kappa shape index (κ2) is 3.70. The molecule has 5 nitrogen and oxygen atoms in total. The van der Waals surface area contributed by atoms with Gasteiger partial charge in [0.05, 0.1) is 0 Å². The van der Waals surface area contributed by atoms with Gasteiger partial charge in [-0.25, -0.2) is 9.89 Å². The van der Waals surface area contributed by atoms with Crippen LogP contribution < -0.4 is 5.69 Å². The molecule has 0 amide bonds. The summed E-state index contributed by atoms with van der Waals surface area (Å²) in [6.07, 6.45) is 2.35. The molecule has 2 heterocycles. The average Bonchev–Trinajstić information content (AvgIpc) is 2.67. The highest BCUT2D eigenvalue weighted by atomic mass is 32.1. The monoisotopic (exact) mass is 214 g/mol. The van der Waals surface area contributed by atoms with Crippen molar-refractivity contribution >= 4 is 12.2 Å². The zero-order valence-electron chi connectivity index (χ0n) is 8.12. The molecule has 2 N–H and O–H groups in total. The van der Waals surface area contributed by atoms with Gasteiger partial charge in [-0.15, -0.1) is 0 Å². The van der Waals surface area contributed by atoms with E-state index in [0.29, 0.717) is 17.4 Å². The predicted octanol–water partition coefficient (Wildman–Crippen LogP) is 0.328. The van der Waals surface area contributed by atoms with E-state index >= 15 is 0 Å². The van der Waals surface area contributed by atoms with Crippen molar-refractivity contribution in [2.45, 2.75) is 25.4 Å². The molecule has 1 aromatic rings. The van der Waals surface area contributed by atoms with Gasteiger partial charge >= 0.3 is 5.69 Å². The minimum absolute atomic E-state index is 0.143. The van der Waals surface area contributed by atoms with Crippen molar-refractivity contribution in [1.82, 2.24) is 19.7 Å². The Labute approximate surface area is 86.7 Å². The van der Waals surface area contributed by atoms with E-state index in [4.69, 9.17) is 12.2 Å². The molecule has 1 atom stereocenters. The van der Waals surface area contributed by atoms with Gasteiger partial charge in [-0.1, -0.05) is 0 Å². The number of hydrogen-bond acceptors (Lipinski definition) is 3. The Balaban J connectivity index is 2.18. The average molecular weight is 214 g/mol. The van der Waals surface area contributed by atoms with Crippen LogP contribution in [0.5, 0.6) is 0 Å². The molecular formula is C8H14N4OS. The fourth-order valence-corrected chi connectivity index (χ4v) is 2.13. The summed E-state index contributed by atoms with van der Waals surface area (Å²) in [4.78, 5) is 13.6. The third kappa shape index (κ3) is 1.67. The third-order valence-corrected chi connectivity index (χ3v) is 3.15. The minimum Gasteiger partial charge on any atom is -0.302 e. The first-order valence-electron chi connectivity index (χ1n) is 4.76. The molecule has 0 aliphatic carbocycles. The molecule has 1 unspecified atom stereocenters. The second-order valence-corrected chi connectivity index (χ2v) is 4.13.